The molecule has 0 saturated heterocycles. The molecule has 0 aliphatic heterocycles. The number of aryl methyl sites for hydroxylation is 1. The third-order valence-electron chi connectivity index (χ3n) is 3.48. The van der Waals surface area contributed by atoms with Gasteiger partial charge in [0.15, 0.2) is 5.96 Å². The van der Waals surface area contributed by atoms with Crippen LogP contribution in [0, 0.1) is 5.82 Å². The molecule has 1 aromatic heterocycles. The molecule has 0 aliphatic rings. The van der Waals surface area contributed by atoms with E-state index in [1.165, 1.54) is 6.07 Å². The predicted octanol–water partition coefficient (Wildman–Crippen LogP) is 1.39. The number of nitrogens with one attached hydrogen (secondary N) is 2. The van der Waals surface area contributed by atoms with Crippen molar-refractivity contribution < 1.29 is 4.39 Å². The maximum atomic E-state index is 13.1. The minimum Gasteiger partial charge on any atom is -0.356 e. The number of nitrogens with zero attached hydrogens (tertiary/aromatic N) is 4. The van der Waals surface area contributed by atoms with E-state index in [1.54, 1.807) is 25.5 Å². The lowest BCUT2D eigenvalue weighted by molar-refractivity contribution is 0.624. The van der Waals surface area contributed by atoms with E-state index in [-0.39, 0.29) is 5.82 Å². The minimum absolute atomic E-state index is 0.203. The molecular weight excluding hydrogens is 295 g/mol. The summed E-state index contributed by atoms with van der Waals surface area (Å²) in [5.74, 6) is 1.50. The maximum Gasteiger partial charge on any atom is 0.191 e. The van der Waals surface area contributed by atoms with Crippen molar-refractivity contribution in [2.75, 3.05) is 20.1 Å². The minimum atomic E-state index is -0.203. The lowest BCUT2D eigenvalue weighted by Gasteiger charge is -2.12. The zero-order chi connectivity index (χ0) is 16.5. The molecular formula is C16H23FN6. The third kappa shape index (κ3) is 5.36. The van der Waals surface area contributed by atoms with Gasteiger partial charge in [-0.1, -0.05) is 19.1 Å². The largest absolute Gasteiger partial charge is 0.356 e. The van der Waals surface area contributed by atoms with E-state index in [0.717, 1.165) is 43.3 Å². The second kappa shape index (κ2) is 8.87. The summed E-state index contributed by atoms with van der Waals surface area (Å²) < 4.78 is 15.1. The Kier molecular flexibility index (Phi) is 6.53. The Morgan fingerprint density at radius 3 is 2.87 bits per heavy atom. The smallest absolute Gasteiger partial charge is 0.191 e. The van der Waals surface area contributed by atoms with Crippen molar-refractivity contribution >= 4 is 5.96 Å². The number of rotatable bonds is 7. The predicted molar refractivity (Wildman–Crippen MR) is 88.9 cm³/mol. The Morgan fingerprint density at radius 2 is 2.13 bits per heavy atom. The molecule has 0 atom stereocenters. The van der Waals surface area contributed by atoms with Gasteiger partial charge in [0.05, 0.1) is 0 Å². The van der Waals surface area contributed by atoms with Crippen molar-refractivity contribution in [2.45, 2.75) is 26.3 Å². The van der Waals surface area contributed by atoms with Crippen molar-refractivity contribution in [3.63, 3.8) is 0 Å². The highest BCUT2D eigenvalue weighted by atomic mass is 19.1. The number of aliphatic imine (C=N–C) groups is 1. The molecule has 0 amide bonds. The van der Waals surface area contributed by atoms with Crippen LogP contribution in [0.1, 0.15) is 18.3 Å². The van der Waals surface area contributed by atoms with E-state index < -0.39 is 0 Å². The number of hydrogen-bond donors (Lipinski definition) is 2. The fourth-order valence-corrected chi connectivity index (χ4v) is 2.27. The number of benzene rings is 1. The van der Waals surface area contributed by atoms with Crippen LogP contribution in [0.2, 0.25) is 0 Å². The molecule has 0 radical (unpaired) electrons. The molecule has 124 valence electrons. The lowest BCUT2D eigenvalue weighted by Crippen LogP contribution is -2.39. The van der Waals surface area contributed by atoms with Crippen LogP contribution in [0.4, 0.5) is 4.39 Å². The van der Waals surface area contributed by atoms with Crippen LogP contribution in [0.25, 0.3) is 0 Å². The van der Waals surface area contributed by atoms with Gasteiger partial charge in [0, 0.05) is 33.1 Å². The highest BCUT2D eigenvalue weighted by Gasteiger charge is 2.02. The molecule has 0 bridgehead atoms. The number of guanidine groups is 1. The average Bonchev–Trinajstić information content (AvgIpc) is 3.01. The Morgan fingerprint density at radius 1 is 1.30 bits per heavy atom. The van der Waals surface area contributed by atoms with E-state index in [9.17, 15) is 4.39 Å². The van der Waals surface area contributed by atoms with E-state index in [1.807, 2.05) is 10.6 Å². The first-order chi connectivity index (χ1) is 11.2. The van der Waals surface area contributed by atoms with Gasteiger partial charge in [-0.25, -0.2) is 4.39 Å². The fraction of sp³-hybridized carbons (Fsp3) is 0.438. The summed E-state index contributed by atoms with van der Waals surface area (Å²) in [6, 6.07) is 6.64. The molecule has 7 heteroatoms. The van der Waals surface area contributed by atoms with Gasteiger partial charge in [-0.05, 0) is 24.1 Å². The molecule has 0 aliphatic carbocycles. The van der Waals surface area contributed by atoms with Gasteiger partial charge in [-0.15, -0.1) is 10.2 Å². The monoisotopic (exact) mass is 318 g/mol. The van der Waals surface area contributed by atoms with Gasteiger partial charge in [-0.2, -0.15) is 0 Å². The second-order valence-corrected chi connectivity index (χ2v) is 5.10. The second-order valence-electron chi connectivity index (χ2n) is 5.10. The Labute approximate surface area is 135 Å². The summed E-state index contributed by atoms with van der Waals surface area (Å²) in [5, 5.41) is 14.4. The molecule has 0 saturated carbocycles. The summed E-state index contributed by atoms with van der Waals surface area (Å²) in [5.41, 5.74) is 0.963. The quantitative estimate of drug-likeness (QED) is 0.598. The Hall–Kier alpha value is -2.44. The molecule has 1 aromatic carbocycles. The van der Waals surface area contributed by atoms with Crippen LogP contribution in [0.5, 0.6) is 0 Å². The first kappa shape index (κ1) is 16.9. The van der Waals surface area contributed by atoms with E-state index in [0.29, 0.717) is 6.54 Å². The van der Waals surface area contributed by atoms with Crippen LogP contribution in [0.15, 0.2) is 35.6 Å². The highest BCUT2D eigenvalue weighted by Crippen LogP contribution is 2.03. The Bertz CT molecular complexity index is 637. The first-order valence-corrected chi connectivity index (χ1v) is 7.78. The van der Waals surface area contributed by atoms with Crippen molar-refractivity contribution in [1.29, 1.82) is 0 Å². The maximum absolute atomic E-state index is 13.1. The van der Waals surface area contributed by atoms with Crippen molar-refractivity contribution in [2.24, 2.45) is 4.99 Å². The van der Waals surface area contributed by atoms with E-state index in [2.05, 4.69) is 32.7 Å². The van der Waals surface area contributed by atoms with Gasteiger partial charge in [0.1, 0.15) is 18.0 Å². The number of aromatic nitrogens is 3. The molecule has 2 aromatic rings. The number of hydrogen-bond acceptors (Lipinski definition) is 3. The SMILES string of the molecule is CCc1nncn1CCNC(=NC)NCCc1cccc(F)c1. The highest BCUT2D eigenvalue weighted by molar-refractivity contribution is 5.79. The summed E-state index contributed by atoms with van der Waals surface area (Å²) >= 11 is 0. The lowest BCUT2D eigenvalue weighted by atomic mass is 10.1. The van der Waals surface area contributed by atoms with Crippen LogP contribution in [0.3, 0.4) is 0 Å². The van der Waals surface area contributed by atoms with Gasteiger partial charge < -0.3 is 15.2 Å². The van der Waals surface area contributed by atoms with Crippen LogP contribution in [-0.2, 0) is 19.4 Å². The Balaban J connectivity index is 1.71. The summed E-state index contributed by atoms with van der Waals surface area (Å²) in [7, 11) is 1.73. The van der Waals surface area contributed by atoms with Gasteiger partial charge in [0.2, 0.25) is 0 Å². The molecule has 6 nitrogen and oxygen atoms in total. The molecule has 2 N–H and O–H groups in total. The van der Waals surface area contributed by atoms with Crippen LogP contribution < -0.4 is 10.6 Å². The zero-order valence-electron chi connectivity index (χ0n) is 13.6. The molecule has 0 spiro atoms. The van der Waals surface area contributed by atoms with Crippen LogP contribution in [-0.4, -0.2) is 40.9 Å². The third-order valence-corrected chi connectivity index (χ3v) is 3.48. The van der Waals surface area contributed by atoms with E-state index >= 15 is 0 Å². The van der Waals surface area contributed by atoms with E-state index in [4.69, 9.17) is 0 Å². The fourth-order valence-electron chi connectivity index (χ4n) is 2.27. The van der Waals surface area contributed by atoms with Gasteiger partial charge in [0.25, 0.3) is 0 Å². The van der Waals surface area contributed by atoms with Crippen molar-refractivity contribution in [1.82, 2.24) is 25.4 Å². The molecule has 0 fully saturated rings. The standard InChI is InChI=1S/C16H23FN6/c1-3-15-22-21-12-23(15)10-9-20-16(18-2)19-8-7-13-5-4-6-14(17)11-13/h4-6,11-12H,3,7-10H2,1-2H3,(H2,18,19,20). The summed E-state index contributed by atoms with van der Waals surface area (Å²) in [6.07, 6.45) is 3.34. The normalized spacial score (nSPS) is 11.5. The topological polar surface area (TPSA) is 67.1 Å². The van der Waals surface area contributed by atoms with Crippen molar-refractivity contribution in [3.05, 3.63) is 47.8 Å². The average molecular weight is 318 g/mol. The molecule has 2 rings (SSSR count). The van der Waals surface area contributed by atoms with Gasteiger partial charge >= 0.3 is 0 Å². The molecule has 23 heavy (non-hydrogen) atoms. The molecule has 0 unspecified atom stereocenters. The van der Waals surface area contributed by atoms with Gasteiger partial charge in [-0.3, -0.25) is 4.99 Å². The molecule has 1 heterocycles. The summed E-state index contributed by atoms with van der Waals surface area (Å²) in [6.45, 7) is 4.25. The van der Waals surface area contributed by atoms with Crippen LogP contribution >= 0.6 is 0 Å². The number of halogens is 1. The first-order valence-electron chi connectivity index (χ1n) is 7.78. The zero-order valence-corrected chi connectivity index (χ0v) is 13.6. The van der Waals surface area contributed by atoms with Crippen molar-refractivity contribution in [3.8, 4) is 0 Å². The summed E-state index contributed by atoms with van der Waals surface area (Å²) in [4.78, 5) is 4.18.